The molecule has 0 spiro atoms. The molecule has 1 fully saturated rings. The van der Waals surface area contributed by atoms with Gasteiger partial charge >= 0.3 is 0 Å². The third-order valence-corrected chi connectivity index (χ3v) is 8.12. The third kappa shape index (κ3) is 6.78. The van der Waals surface area contributed by atoms with Gasteiger partial charge in [-0.05, 0) is 48.9 Å². The number of carbonyl (C=O) groups excluding carboxylic acids is 2. The topological polar surface area (TPSA) is 40.6 Å². The Morgan fingerprint density at radius 1 is 0.879 bits per heavy atom. The Labute approximate surface area is 204 Å². The fourth-order valence-electron chi connectivity index (χ4n) is 4.52. The molecule has 1 aliphatic rings. The molecule has 4 nitrogen and oxygen atoms in total. The van der Waals surface area contributed by atoms with Crippen LogP contribution in [0, 0.1) is 6.92 Å². The molecule has 0 saturated heterocycles. The zero-order valence-electron chi connectivity index (χ0n) is 19.2. The largest absolute Gasteiger partial charge is 0.332 e. The van der Waals surface area contributed by atoms with E-state index in [0.717, 1.165) is 36.1 Å². The minimum Gasteiger partial charge on any atom is -0.332 e. The van der Waals surface area contributed by atoms with Crippen LogP contribution in [0.5, 0.6) is 0 Å². The molecule has 0 radical (unpaired) electrons. The van der Waals surface area contributed by atoms with Crippen LogP contribution in [-0.4, -0.2) is 34.2 Å². The van der Waals surface area contributed by atoms with Gasteiger partial charge in [-0.2, -0.15) is 0 Å². The van der Waals surface area contributed by atoms with E-state index in [1.54, 1.807) is 22.7 Å². The molecule has 2 heterocycles. The lowest BCUT2D eigenvalue weighted by Gasteiger charge is -2.35. The molecule has 0 atom stereocenters. The molecule has 0 bridgehead atoms. The van der Waals surface area contributed by atoms with E-state index in [0.29, 0.717) is 19.5 Å². The lowest BCUT2D eigenvalue weighted by atomic mass is 9.94. The van der Waals surface area contributed by atoms with Crippen molar-refractivity contribution in [1.29, 1.82) is 0 Å². The van der Waals surface area contributed by atoms with Crippen molar-refractivity contribution in [3.63, 3.8) is 0 Å². The molecule has 0 unspecified atom stereocenters. The van der Waals surface area contributed by atoms with Crippen LogP contribution in [-0.2, 0) is 29.1 Å². The maximum atomic E-state index is 13.7. The van der Waals surface area contributed by atoms with E-state index in [9.17, 15) is 9.59 Å². The average Bonchev–Trinajstić information content (AvgIpc) is 3.49. The maximum Gasteiger partial charge on any atom is 0.242 e. The molecule has 6 heteroatoms. The van der Waals surface area contributed by atoms with Crippen LogP contribution in [0.15, 0.2) is 60.0 Å². The lowest BCUT2D eigenvalue weighted by Crippen LogP contribution is -2.48. The molecule has 0 N–H and O–H groups in total. The normalized spacial score (nSPS) is 14.2. The molecule has 0 aliphatic heterocycles. The second-order valence-electron chi connectivity index (χ2n) is 8.82. The summed E-state index contributed by atoms with van der Waals surface area (Å²) in [5.74, 6) is 0.0966. The van der Waals surface area contributed by atoms with Crippen molar-refractivity contribution in [3.05, 3.63) is 80.2 Å². The number of carbonyl (C=O) groups is 2. The Kier molecular flexibility index (Phi) is 8.35. The molecule has 2 aromatic heterocycles. The summed E-state index contributed by atoms with van der Waals surface area (Å²) in [7, 11) is 0. The number of amides is 2. The Bertz CT molecular complexity index is 1020. The van der Waals surface area contributed by atoms with Gasteiger partial charge < -0.3 is 9.80 Å². The quantitative estimate of drug-likeness (QED) is 0.374. The fraction of sp³-hybridized carbons (Fsp3) is 0.407. The summed E-state index contributed by atoms with van der Waals surface area (Å²) in [6.07, 6.45) is 5.84. The van der Waals surface area contributed by atoms with Gasteiger partial charge in [0.25, 0.3) is 0 Å². The highest BCUT2D eigenvalue weighted by atomic mass is 32.1. The van der Waals surface area contributed by atoms with E-state index in [4.69, 9.17) is 0 Å². The Balaban J connectivity index is 1.52. The maximum absolute atomic E-state index is 13.7. The van der Waals surface area contributed by atoms with E-state index >= 15 is 0 Å². The number of benzene rings is 1. The van der Waals surface area contributed by atoms with Crippen molar-refractivity contribution < 1.29 is 9.59 Å². The van der Waals surface area contributed by atoms with E-state index in [-0.39, 0.29) is 24.4 Å². The van der Waals surface area contributed by atoms with Crippen molar-refractivity contribution in [2.45, 2.75) is 64.6 Å². The molecule has 174 valence electrons. The van der Waals surface area contributed by atoms with Crippen LogP contribution < -0.4 is 0 Å². The molecule has 2 amide bonds. The Morgan fingerprint density at radius 2 is 1.67 bits per heavy atom. The number of rotatable bonds is 9. The monoisotopic (exact) mass is 480 g/mol. The summed E-state index contributed by atoms with van der Waals surface area (Å²) in [4.78, 5) is 34.3. The van der Waals surface area contributed by atoms with Gasteiger partial charge in [0.2, 0.25) is 11.8 Å². The van der Waals surface area contributed by atoms with Gasteiger partial charge in [-0.15, -0.1) is 22.7 Å². The van der Waals surface area contributed by atoms with E-state index in [2.05, 4.69) is 31.2 Å². The summed E-state index contributed by atoms with van der Waals surface area (Å²) in [5.41, 5.74) is 1.10. The van der Waals surface area contributed by atoms with Crippen molar-refractivity contribution >= 4 is 34.5 Å². The predicted molar refractivity (Wildman–Crippen MR) is 136 cm³/mol. The van der Waals surface area contributed by atoms with Gasteiger partial charge in [0.15, 0.2) is 0 Å². The van der Waals surface area contributed by atoms with E-state index in [1.807, 2.05) is 45.5 Å². The van der Waals surface area contributed by atoms with E-state index in [1.165, 1.54) is 16.2 Å². The molecule has 1 aromatic carbocycles. The standard InChI is InChI=1S/C27H32N2O2S2/c1-21-14-15-25(33-21)19-28(18-22-9-4-2-5-10-22)27(31)20-29(23-11-6-3-7-12-23)26(30)17-24-13-8-16-32-24/h2,4-5,8-10,13-16,23H,3,6-7,11-12,17-20H2,1H3. The molecule has 4 rings (SSSR count). The zero-order chi connectivity index (χ0) is 23.0. The van der Waals surface area contributed by atoms with Crippen LogP contribution in [0.2, 0.25) is 0 Å². The minimum atomic E-state index is 0.0232. The number of hydrogen-bond donors (Lipinski definition) is 0. The second-order valence-corrected chi connectivity index (χ2v) is 11.2. The smallest absolute Gasteiger partial charge is 0.242 e. The van der Waals surface area contributed by atoms with Crippen LogP contribution in [0.25, 0.3) is 0 Å². The fourth-order valence-corrected chi connectivity index (χ4v) is 6.12. The van der Waals surface area contributed by atoms with Gasteiger partial charge in [-0.25, -0.2) is 0 Å². The van der Waals surface area contributed by atoms with Gasteiger partial charge in [-0.3, -0.25) is 9.59 Å². The molecule has 1 aliphatic carbocycles. The van der Waals surface area contributed by atoms with E-state index < -0.39 is 0 Å². The van der Waals surface area contributed by atoms with Crippen molar-refractivity contribution in [1.82, 2.24) is 9.80 Å². The summed E-state index contributed by atoms with van der Waals surface area (Å²) in [6.45, 7) is 3.37. The Hall–Kier alpha value is -2.44. The average molecular weight is 481 g/mol. The summed E-state index contributed by atoms with van der Waals surface area (Å²) >= 11 is 3.33. The first-order valence-corrected chi connectivity index (χ1v) is 13.5. The highest BCUT2D eigenvalue weighted by Gasteiger charge is 2.29. The highest BCUT2D eigenvalue weighted by molar-refractivity contribution is 7.11. The number of nitrogens with zero attached hydrogens (tertiary/aromatic N) is 2. The van der Waals surface area contributed by atoms with Crippen molar-refractivity contribution in [3.8, 4) is 0 Å². The van der Waals surface area contributed by atoms with Crippen LogP contribution in [0.3, 0.4) is 0 Å². The predicted octanol–water partition coefficient (Wildman–Crippen LogP) is 6.05. The SMILES string of the molecule is Cc1ccc(CN(Cc2ccccc2)C(=O)CN(C(=O)Cc2cccs2)C2CCCCC2)s1. The number of hydrogen-bond acceptors (Lipinski definition) is 4. The molecule has 1 saturated carbocycles. The number of aryl methyl sites for hydroxylation is 1. The second kappa shape index (κ2) is 11.6. The van der Waals surface area contributed by atoms with Crippen molar-refractivity contribution in [2.24, 2.45) is 0 Å². The van der Waals surface area contributed by atoms with Gasteiger partial charge in [0.05, 0.1) is 13.0 Å². The first-order chi connectivity index (χ1) is 16.1. The molecule has 3 aromatic rings. The van der Waals surface area contributed by atoms with Crippen LogP contribution in [0.4, 0.5) is 0 Å². The molecular formula is C27H32N2O2S2. The lowest BCUT2D eigenvalue weighted by molar-refractivity contribution is -0.143. The highest BCUT2D eigenvalue weighted by Crippen LogP contribution is 2.25. The number of thiophene rings is 2. The summed E-state index contributed by atoms with van der Waals surface area (Å²) in [6, 6.07) is 18.5. The Morgan fingerprint density at radius 3 is 2.33 bits per heavy atom. The summed E-state index contributed by atoms with van der Waals surface area (Å²) < 4.78 is 0. The van der Waals surface area contributed by atoms with Crippen LogP contribution >= 0.6 is 22.7 Å². The van der Waals surface area contributed by atoms with Gasteiger partial charge in [0.1, 0.15) is 6.54 Å². The van der Waals surface area contributed by atoms with Gasteiger partial charge in [0, 0.05) is 27.2 Å². The van der Waals surface area contributed by atoms with Crippen LogP contribution in [0.1, 0.15) is 52.3 Å². The molecular weight excluding hydrogens is 448 g/mol. The van der Waals surface area contributed by atoms with Crippen molar-refractivity contribution in [2.75, 3.05) is 6.54 Å². The first-order valence-electron chi connectivity index (χ1n) is 11.8. The zero-order valence-corrected chi connectivity index (χ0v) is 20.9. The molecule has 33 heavy (non-hydrogen) atoms. The summed E-state index contributed by atoms with van der Waals surface area (Å²) in [5, 5.41) is 2.00. The van der Waals surface area contributed by atoms with Gasteiger partial charge in [-0.1, -0.05) is 55.7 Å². The third-order valence-electron chi connectivity index (χ3n) is 6.26. The minimum absolute atomic E-state index is 0.0232. The first kappa shape index (κ1) is 23.7.